The van der Waals surface area contributed by atoms with Crippen molar-refractivity contribution in [3.8, 4) is 0 Å². The van der Waals surface area contributed by atoms with E-state index in [-0.39, 0.29) is 16.8 Å². The van der Waals surface area contributed by atoms with Crippen molar-refractivity contribution < 1.29 is 22.3 Å². The molecular formula is C7H4N2O6S. The second-order valence-electron chi connectivity index (χ2n) is 2.86. The van der Waals surface area contributed by atoms with E-state index in [2.05, 4.69) is 9.40 Å². The van der Waals surface area contributed by atoms with Gasteiger partial charge in [-0.2, -0.15) is 13.4 Å². The van der Waals surface area contributed by atoms with Gasteiger partial charge in [0.1, 0.15) is 5.52 Å². The second kappa shape index (κ2) is 3.25. The van der Waals surface area contributed by atoms with Crippen molar-refractivity contribution in [1.29, 1.82) is 0 Å². The fraction of sp³-hybridized carbons (Fsp3) is 0. The van der Waals surface area contributed by atoms with Crippen molar-refractivity contribution in [3.05, 3.63) is 28.3 Å². The van der Waals surface area contributed by atoms with E-state index in [4.69, 9.17) is 4.55 Å². The highest BCUT2D eigenvalue weighted by atomic mass is 32.2. The standard InChI is InChI=1S/C7H4N2O6S/c10-9(11)4-1-2-5-6(3-4)15-7(8-5)16(12,13)14/h1-3H,(H,12,13,14). The number of nitro groups is 1. The highest BCUT2D eigenvalue weighted by Crippen LogP contribution is 2.23. The molecule has 8 nitrogen and oxygen atoms in total. The molecule has 0 spiro atoms. The average molecular weight is 244 g/mol. The Hall–Kier alpha value is -2.00. The summed E-state index contributed by atoms with van der Waals surface area (Å²) in [4.78, 5) is 13.2. The van der Waals surface area contributed by atoms with E-state index >= 15 is 0 Å². The van der Waals surface area contributed by atoms with Gasteiger partial charge < -0.3 is 4.42 Å². The summed E-state index contributed by atoms with van der Waals surface area (Å²) in [6.45, 7) is 0. The predicted molar refractivity (Wildman–Crippen MR) is 50.5 cm³/mol. The summed E-state index contributed by atoms with van der Waals surface area (Å²) in [5.74, 6) is 0. The molecular weight excluding hydrogens is 240 g/mol. The minimum absolute atomic E-state index is 0.0816. The summed E-state index contributed by atoms with van der Waals surface area (Å²) in [7, 11) is -4.55. The summed E-state index contributed by atoms with van der Waals surface area (Å²) in [5, 5.41) is 9.54. The molecule has 0 amide bonds. The van der Waals surface area contributed by atoms with Crippen molar-refractivity contribution in [2.75, 3.05) is 0 Å². The van der Waals surface area contributed by atoms with Gasteiger partial charge in [-0.3, -0.25) is 14.7 Å². The van der Waals surface area contributed by atoms with Gasteiger partial charge in [0.05, 0.1) is 11.0 Å². The summed E-state index contributed by atoms with van der Waals surface area (Å²) < 4.78 is 34.7. The van der Waals surface area contributed by atoms with E-state index in [1.165, 1.54) is 6.07 Å². The molecule has 2 aromatic rings. The molecule has 1 N–H and O–H groups in total. The second-order valence-corrected chi connectivity index (χ2v) is 4.16. The molecule has 2 rings (SSSR count). The molecule has 0 fully saturated rings. The molecule has 1 aromatic carbocycles. The number of benzene rings is 1. The summed E-state index contributed by atoms with van der Waals surface area (Å²) >= 11 is 0. The normalized spacial score (nSPS) is 11.8. The number of hydrogen-bond donors (Lipinski definition) is 1. The van der Waals surface area contributed by atoms with E-state index in [9.17, 15) is 18.5 Å². The molecule has 0 saturated carbocycles. The van der Waals surface area contributed by atoms with Crippen LogP contribution in [0.15, 0.2) is 27.8 Å². The fourth-order valence-corrected chi connectivity index (χ4v) is 1.52. The molecule has 0 unspecified atom stereocenters. The van der Waals surface area contributed by atoms with E-state index in [0.717, 1.165) is 12.1 Å². The van der Waals surface area contributed by atoms with Gasteiger partial charge in [-0.25, -0.2) is 0 Å². The quantitative estimate of drug-likeness (QED) is 0.474. The van der Waals surface area contributed by atoms with E-state index in [1.807, 2.05) is 0 Å². The molecule has 0 aliphatic rings. The molecule has 16 heavy (non-hydrogen) atoms. The van der Waals surface area contributed by atoms with Gasteiger partial charge in [-0.15, -0.1) is 0 Å². The molecule has 1 aromatic heterocycles. The lowest BCUT2D eigenvalue weighted by Crippen LogP contribution is -1.97. The average Bonchev–Trinajstić information content (AvgIpc) is 2.58. The van der Waals surface area contributed by atoms with Crippen molar-refractivity contribution in [2.45, 2.75) is 5.22 Å². The Kier molecular flexibility index (Phi) is 2.14. The molecule has 0 saturated heterocycles. The first-order chi connectivity index (χ1) is 7.38. The Morgan fingerprint density at radius 2 is 2.12 bits per heavy atom. The largest absolute Gasteiger partial charge is 0.426 e. The number of aromatic nitrogens is 1. The van der Waals surface area contributed by atoms with Crippen LogP contribution in [0.25, 0.3) is 11.1 Å². The van der Waals surface area contributed by atoms with Crippen LogP contribution in [0.3, 0.4) is 0 Å². The van der Waals surface area contributed by atoms with Gasteiger partial charge in [0.15, 0.2) is 5.58 Å². The number of fused-ring (bicyclic) bond motifs is 1. The van der Waals surface area contributed by atoms with Gasteiger partial charge in [0.2, 0.25) is 0 Å². The van der Waals surface area contributed by atoms with Crippen LogP contribution in [-0.2, 0) is 10.1 Å². The zero-order chi connectivity index (χ0) is 11.9. The molecule has 0 aliphatic carbocycles. The number of rotatable bonds is 2. The van der Waals surface area contributed by atoms with Crippen LogP contribution in [0.4, 0.5) is 5.69 Å². The predicted octanol–water partition coefficient (Wildman–Crippen LogP) is 0.983. The zero-order valence-electron chi connectivity index (χ0n) is 7.52. The monoisotopic (exact) mass is 244 g/mol. The third-order valence-corrected chi connectivity index (χ3v) is 2.40. The number of oxazole rings is 1. The summed E-state index contributed by atoms with van der Waals surface area (Å²) in [5.41, 5.74) is -0.231. The van der Waals surface area contributed by atoms with Gasteiger partial charge in [0.25, 0.3) is 5.69 Å². The first-order valence-electron chi connectivity index (χ1n) is 3.90. The summed E-state index contributed by atoms with van der Waals surface area (Å²) in [6, 6.07) is 3.40. The van der Waals surface area contributed by atoms with E-state index in [0.29, 0.717) is 0 Å². The maximum Gasteiger partial charge on any atom is 0.347 e. The number of nitro benzene ring substituents is 1. The molecule has 0 aliphatic heterocycles. The Labute approximate surface area is 88.4 Å². The Morgan fingerprint density at radius 3 is 2.69 bits per heavy atom. The molecule has 9 heteroatoms. The third kappa shape index (κ3) is 1.73. The third-order valence-electron chi connectivity index (χ3n) is 1.78. The number of nitrogens with zero attached hydrogens (tertiary/aromatic N) is 2. The summed E-state index contributed by atoms with van der Waals surface area (Å²) in [6.07, 6.45) is 0. The molecule has 84 valence electrons. The van der Waals surface area contributed by atoms with Crippen LogP contribution in [0.1, 0.15) is 0 Å². The van der Waals surface area contributed by atoms with Gasteiger partial charge in [0, 0.05) is 6.07 Å². The minimum Gasteiger partial charge on any atom is -0.426 e. The SMILES string of the molecule is O=[N+]([O-])c1ccc2nc(S(=O)(=O)O)oc2c1. The smallest absolute Gasteiger partial charge is 0.347 e. The number of hydrogen-bond acceptors (Lipinski definition) is 6. The van der Waals surface area contributed by atoms with Crippen LogP contribution >= 0.6 is 0 Å². The van der Waals surface area contributed by atoms with Gasteiger partial charge >= 0.3 is 15.3 Å². The van der Waals surface area contributed by atoms with Crippen molar-refractivity contribution in [1.82, 2.24) is 4.98 Å². The maximum absolute atomic E-state index is 10.7. The van der Waals surface area contributed by atoms with Crippen molar-refractivity contribution >= 4 is 26.9 Å². The topological polar surface area (TPSA) is 124 Å². The van der Waals surface area contributed by atoms with Gasteiger partial charge in [-0.05, 0) is 6.07 Å². The number of non-ortho nitro benzene ring substituents is 1. The van der Waals surface area contributed by atoms with E-state index in [1.54, 1.807) is 0 Å². The van der Waals surface area contributed by atoms with Crippen LogP contribution < -0.4 is 0 Å². The van der Waals surface area contributed by atoms with Crippen LogP contribution in [-0.4, -0.2) is 22.9 Å². The molecule has 0 atom stereocenters. The Bertz CT molecular complexity index is 673. The van der Waals surface area contributed by atoms with E-state index < -0.39 is 20.3 Å². The Morgan fingerprint density at radius 1 is 1.44 bits per heavy atom. The van der Waals surface area contributed by atoms with Gasteiger partial charge in [-0.1, -0.05) is 0 Å². The highest BCUT2D eigenvalue weighted by Gasteiger charge is 2.19. The first kappa shape index (κ1) is 10.5. The molecule has 0 bridgehead atoms. The van der Waals surface area contributed by atoms with Crippen LogP contribution in [0, 0.1) is 10.1 Å². The maximum atomic E-state index is 10.7. The Balaban J connectivity index is 2.68. The molecule has 0 radical (unpaired) electrons. The van der Waals surface area contributed by atoms with Crippen molar-refractivity contribution in [2.24, 2.45) is 0 Å². The fourth-order valence-electron chi connectivity index (χ4n) is 1.12. The van der Waals surface area contributed by atoms with Crippen molar-refractivity contribution in [3.63, 3.8) is 0 Å². The lowest BCUT2D eigenvalue weighted by atomic mass is 10.3. The highest BCUT2D eigenvalue weighted by molar-refractivity contribution is 7.85. The van der Waals surface area contributed by atoms with Crippen LogP contribution in [0.2, 0.25) is 0 Å². The van der Waals surface area contributed by atoms with Crippen LogP contribution in [0.5, 0.6) is 0 Å². The molecule has 1 heterocycles. The lowest BCUT2D eigenvalue weighted by Gasteiger charge is -1.88. The first-order valence-corrected chi connectivity index (χ1v) is 5.34. The minimum atomic E-state index is -4.55. The lowest BCUT2D eigenvalue weighted by molar-refractivity contribution is -0.384. The zero-order valence-corrected chi connectivity index (χ0v) is 8.34.